The van der Waals surface area contributed by atoms with Gasteiger partial charge in [-0.25, -0.2) is 14.6 Å². The van der Waals surface area contributed by atoms with E-state index in [2.05, 4.69) is 34.3 Å². The quantitative estimate of drug-likeness (QED) is 0.451. The van der Waals surface area contributed by atoms with Gasteiger partial charge in [0.2, 0.25) is 5.88 Å². The highest BCUT2D eigenvalue weighted by molar-refractivity contribution is 7.98. The summed E-state index contributed by atoms with van der Waals surface area (Å²) in [6.07, 6.45) is 5.57. The van der Waals surface area contributed by atoms with Gasteiger partial charge in [-0.05, 0) is 49.1 Å². The highest BCUT2D eigenvalue weighted by Crippen LogP contribution is 2.35. The minimum absolute atomic E-state index is 0.575. The molecule has 0 atom stereocenters. The number of nitrogens with zero attached hydrogens (tertiary/aromatic N) is 4. The first-order valence-electron chi connectivity index (χ1n) is 9.12. The number of pyridine rings is 2. The molecule has 0 aliphatic carbocycles. The van der Waals surface area contributed by atoms with Crippen LogP contribution in [0.5, 0.6) is 5.88 Å². The van der Waals surface area contributed by atoms with E-state index in [4.69, 9.17) is 9.84 Å². The fourth-order valence-corrected chi connectivity index (χ4v) is 3.78. The zero-order valence-electron chi connectivity index (χ0n) is 16.5. The maximum atomic E-state index is 5.11. The third kappa shape index (κ3) is 3.95. The van der Waals surface area contributed by atoms with Gasteiger partial charge < -0.3 is 10.1 Å². The number of aromatic nitrogens is 4. The van der Waals surface area contributed by atoms with E-state index in [0.29, 0.717) is 5.88 Å². The molecule has 4 rings (SSSR count). The minimum atomic E-state index is 0.575. The SMILES string of the molecule is COc1ccc(Nc2cc(-c3c(SC)nn(-c4ccccc4)c3C)ccn2)cn1. The van der Waals surface area contributed by atoms with Crippen LogP contribution in [-0.2, 0) is 0 Å². The number of anilines is 2. The molecule has 3 aromatic heterocycles. The Morgan fingerprint density at radius 2 is 1.86 bits per heavy atom. The predicted octanol–water partition coefficient (Wildman–Crippen LogP) is 5.11. The van der Waals surface area contributed by atoms with Crippen LogP contribution in [0.4, 0.5) is 11.5 Å². The van der Waals surface area contributed by atoms with Crippen molar-refractivity contribution in [3.05, 3.63) is 72.7 Å². The van der Waals surface area contributed by atoms with Crippen LogP contribution in [0.25, 0.3) is 16.8 Å². The number of nitrogens with one attached hydrogen (secondary N) is 1. The molecule has 0 spiro atoms. The van der Waals surface area contributed by atoms with E-state index in [1.165, 1.54) is 0 Å². The van der Waals surface area contributed by atoms with Crippen molar-refractivity contribution < 1.29 is 4.74 Å². The van der Waals surface area contributed by atoms with Crippen molar-refractivity contribution in [1.29, 1.82) is 0 Å². The molecule has 0 amide bonds. The lowest BCUT2D eigenvalue weighted by Gasteiger charge is -2.09. The number of hydrogen-bond acceptors (Lipinski definition) is 6. The molecule has 4 aromatic rings. The lowest BCUT2D eigenvalue weighted by Crippen LogP contribution is -1.98. The Labute approximate surface area is 174 Å². The topological polar surface area (TPSA) is 64.9 Å². The zero-order valence-corrected chi connectivity index (χ0v) is 17.3. The molecular weight excluding hydrogens is 382 g/mol. The molecule has 0 aliphatic rings. The zero-order chi connectivity index (χ0) is 20.2. The van der Waals surface area contributed by atoms with Gasteiger partial charge in [-0.15, -0.1) is 11.8 Å². The number of rotatable bonds is 6. The number of ether oxygens (including phenoxy) is 1. The fourth-order valence-electron chi connectivity index (χ4n) is 3.15. The van der Waals surface area contributed by atoms with Crippen LogP contribution < -0.4 is 10.1 Å². The van der Waals surface area contributed by atoms with Crippen LogP contribution in [0.15, 0.2) is 72.0 Å². The van der Waals surface area contributed by atoms with E-state index in [1.54, 1.807) is 31.3 Å². The van der Waals surface area contributed by atoms with Gasteiger partial charge in [0, 0.05) is 17.8 Å². The summed E-state index contributed by atoms with van der Waals surface area (Å²) in [5.74, 6) is 1.32. The number of benzene rings is 1. The van der Waals surface area contributed by atoms with Gasteiger partial charge in [0.05, 0.1) is 30.4 Å². The monoisotopic (exact) mass is 403 g/mol. The summed E-state index contributed by atoms with van der Waals surface area (Å²) in [7, 11) is 1.60. The standard InChI is InChI=1S/C22H21N5OS/c1-15-21(22(29-3)26-27(15)18-7-5-4-6-8-18)16-11-12-23-19(13-16)25-17-9-10-20(28-2)24-14-17/h4-14H,1-3H3,(H,23,25). The van der Waals surface area contributed by atoms with Gasteiger partial charge in [-0.1, -0.05) is 18.2 Å². The third-order valence-corrected chi connectivity index (χ3v) is 5.22. The molecule has 146 valence electrons. The van der Waals surface area contributed by atoms with Crippen LogP contribution in [0, 0.1) is 6.92 Å². The Morgan fingerprint density at radius 3 is 2.55 bits per heavy atom. The van der Waals surface area contributed by atoms with Crippen molar-refractivity contribution in [2.45, 2.75) is 11.9 Å². The normalized spacial score (nSPS) is 10.7. The first kappa shape index (κ1) is 19.0. The second-order valence-corrected chi connectivity index (χ2v) is 7.16. The lowest BCUT2D eigenvalue weighted by molar-refractivity contribution is 0.398. The van der Waals surface area contributed by atoms with Crippen LogP contribution in [0.3, 0.4) is 0 Å². The molecule has 6 nitrogen and oxygen atoms in total. The molecule has 0 radical (unpaired) electrons. The van der Waals surface area contributed by atoms with E-state index in [-0.39, 0.29) is 0 Å². The summed E-state index contributed by atoms with van der Waals surface area (Å²) in [6, 6.07) is 17.9. The summed E-state index contributed by atoms with van der Waals surface area (Å²) < 4.78 is 7.10. The highest BCUT2D eigenvalue weighted by Gasteiger charge is 2.17. The summed E-state index contributed by atoms with van der Waals surface area (Å²) in [4.78, 5) is 8.67. The number of methoxy groups -OCH3 is 1. The molecule has 0 bridgehead atoms. The maximum Gasteiger partial charge on any atom is 0.213 e. The van der Waals surface area contributed by atoms with E-state index in [9.17, 15) is 0 Å². The van der Waals surface area contributed by atoms with E-state index in [0.717, 1.165) is 39.0 Å². The molecule has 0 saturated heterocycles. The summed E-state index contributed by atoms with van der Waals surface area (Å²) >= 11 is 1.64. The fraction of sp³-hybridized carbons (Fsp3) is 0.136. The third-order valence-electron chi connectivity index (χ3n) is 4.54. The van der Waals surface area contributed by atoms with Gasteiger partial charge in [0.15, 0.2) is 0 Å². The largest absolute Gasteiger partial charge is 0.481 e. The Hall–Kier alpha value is -3.32. The van der Waals surface area contributed by atoms with Crippen molar-refractivity contribution in [2.24, 2.45) is 0 Å². The average molecular weight is 404 g/mol. The van der Waals surface area contributed by atoms with Crippen LogP contribution in [-0.4, -0.2) is 33.1 Å². The number of para-hydroxylation sites is 1. The molecule has 1 N–H and O–H groups in total. The highest BCUT2D eigenvalue weighted by atomic mass is 32.2. The molecule has 0 unspecified atom stereocenters. The Kier molecular flexibility index (Phi) is 5.48. The van der Waals surface area contributed by atoms with Gasteiger partial charge >= 0.3 is 0 Å². The second kappa shape index (κ2) is 8.36. The van der Waals surface area contributed by atoms with Crippen LogP contribution in [0.1, 0.15) is 5.69 Å². The number of hydrogen-bond donors (Lipinski definition) is 1. The molecule has 0 aliphatic heterocycles. The van der Waals surface area contributed by atoms with Gasteiger partial charge in [-0.2, -0.15) is 5.10 Å². The van der Waals surface area contributed by atoms with Crippen molar-refractivity contribution in [3.63, 3.8) is 0 Å². The lowest BCUT2D eigenvalue weighted by atomic mass is 10.1. The summed E-state index contributed by atoms with van der Waals surface area (Å²) in [5.41, 5.74) is 5.15. The Bertz CT molecular complexity index is 1110. The van der Waals surface area contributed by atoms with Crippen molar-refractivity contribution in [3.8, 4) is 22.7 Å². The second-order valence-electron chi connectivity index (χ2n) is 6.36. The van der Waals surface area contributed by atoms with E-state index >= 15 is 0 Å². The van der Waals surface area contributed by atoms with Gasteiger partial charge in [0.1, 0.15) is 10.8 Å². The van der Waals surface area contributed by atoms with Gasteiger partial charge in [-0.3, -0.25) is 0 Å². The summed E-state index contributed by atoms with van der Waals surface area (Å²) in [6.45, 7) is 2.09. The van der Waals surface area contributed by atoms with Crippen molar-refractivity contribution in [2.75, 3.05) is 18.7 Å². The van der Waals surface area contributed by atoms with Gasteiger partial charge in [0.25, 0.3) is 0 Å². The average Bonchev–Trinajstić information content (AvgIpc) is 3.11. The van der Waals surface area contributed by atoms with Crippen molar-refractivity contribution >= 4 is 23.3 Å². The molecule has 29 heavy (non-hydrogen) atoms. The molecule has 0 saturated carbocycles. The first-order chi connectivity index (χ1) is 14.2. The number of thioether (sulfide) groups is 1. The molecular formula is C22H21N5OS. The Morgan fingerprint density at radius 1 is 1.03 bits per heavy atom. The van der Waals surface area contributed by atoms with Crippen molar-refractivity contribution in [1.82, 2.24) is 19.7 Å². The smallest absolute Gasteiger partial charge is 0.213 e. The predicted molar refractivity (Wildman–Crippen MR) is 117 cm³/mol. The van der Waals surface area contributed by atoms with Crippen LogP contribution in [0.2, 0.25) is 0 Å². The molecule has 3 heterocycles. The maximum absolute atomic E-state index is 5.11. The van der Waals surface area contributed by atoms with Crippen LogP contribution >= 0.6 is 11.8 Å². The molecule has 0 fully saturated rings. The molecule has 1 aromatic carbocycles. The van der Waals surface area contributed by atoms with E-state index in [1.807, 2.05) is 53.4 Å². The van der Waals surface area contributed by atoms with E-state index < -0.39 is 0 Å². The first-order valence-corrected chi connectivity index (χ1v) is 10.3. The Balaban J connectivity index is 1.70. The minimum Gasteiger partial charge on any atom is -0.481 e. The summed E-state index contributed by atoms with van der Waals surface area (Å²) in [5, 5.41) is 9.10. The molecule has 7 heteroatoms.